The Hall–Kier alpha value is -2.37. The van der Waals surface area contributed by atoms with Gasteiger partial charge in [-0.05, 0) is 37.5 Å². The Bertz CT molecular complexity index is 615. The zero-order valence-electron chi connectivity index (χ0n) is 12.9. The van der Waals surface area contributed by atoms with Gasteiger partial charge < -0.3 is 15.4 Å². The van der Waals surface area contributed by atoms with Gasteiger partial charge >= 0.3 is 6.01 Å². The summed E-state index contributed by atoms with van der Waals surface area (Å²) in [6.45, 7) is 7.02. The van der Waals surface area contributed by atoms with Gasteiger partial charge in [-0.2, -0.15) is 15.0 Å². The highest BCUT2D eigenvalue weighted by Gasteiger charge is 2.08. The first-order valence-corrected chi connectivity index (χ1v) is 7.01. The van der Waals surface area contributed by atoms with Crippen LogP contribution >= 0.6 is 0 Å². The summed E-state index contributed by atoms with van der Waals surface area (Å²) >= 11 is 0. The van der Waals surface area contributed by atoms with Crippen LogP contribution in [0.2, 0.25) is 0 Å². The van der Waals surface area contributed by atoms with E-state index in [1.807, 2.05) is 12.1 Å². The number of aryl methyl sites for hydroxylation is 1. The fourth-order valence-corrected chi connectivity index (χ4v) is 1.83. The molecule has 2 aromatic rings. The van der Waals surface area contributed by atoms with Crippen molar-refractivity contribution in [2.45, 2.75) is 27.2 Å². The number of methoxy groups -OCH3 is 1. The lowest BCUT2D eigenvalue weighted by molar-refractivity contribution is 0.379. The van der Waals surface area contributed by atoms with Crippen LogP contribution in [-0.2, 0) is 0 Å². The lowest BCUT2D eigenvalue weighted by Gasteiger charge is -2.12. The van der Waals surface area contributed by atoms with Gasteiger partial charge in [0.1, 0.15) is 0 Å². The van der Waals surface area contributed by atoms with E-state index in [4.69, 9.17) is 4.74 Å². The Kier molecular flexibility index (Phi) is 4.92. The molecule has 0 aliphatic heterocycles. The highest BCUT2D eigenvalue weighted by atomic mass is 16.5. The largest absolute Gasteiger partial charge is 0.467 e. The van der Waals surface area contributed by atoms with E-state index >= 15 is 0 Å². The van der Waals surface area contributed by atoms with Crippen molar-refractivity contribution < 1.29 is 4.74 Å². The zero-order valence-corrected chi connectivity index (χ0v) is 12.9. The summed E-state index contributed by atoms with van der Waals surface area (Å²) in [5.41, 5.74) is 3.36. The maximum absolute atomic E-state index is 5.12. The maximum Gasteiger partial charge on any atom is 0.322 e. The van der Waals surface area contributed by atoms with Crippen LogP contribution in [0.15, 0.2) is 18.2 Å². The first kappa shape index (κ1) is 15.0. The SMILES string of the molecule is CCCNc1nc(Nc2cccc(C)c2C)nc(OC)n1. The summed E-state index contributed by atoms with van der Waals surface area (Å²) in [5.74, 6) is 0.977. The smallest absolute Gasteiger partial charge is 0.322 e. The highest BCUT2D eigenvalue weighted by molar-refractivity contribution is 5.60. The lowest BCUT2D eigenvalue weighted by Crippen LogP contribution is -2.09. The third-order valence-corrected chi connectivity index (χ3v) is 3.18. The van der Waals surface area contributed by atoms with Gasteiger partial charge in [0.25, 0.3) is 0 Å². The second-order valence-electron chi connectivity index (χ2n) is 4.77. The Morgan fingerprint density at radius 2 is 1.86 bits per heavy atom. The van der Waals surface area contributed by atoms with E-state index in [0.717, 1.165) is 18.7 Å². The molecule has 6 heteroatoms. The molecule has 0 bridgehead atoms. The van der Waals surface area contributed by atoms with Crippen LogP contribution in [0.4, 0.5) is 17.6 Å². The molecule has 0 fully saturated rings. The number of hydrogen-bond donors (Lipinski definition) is 2. The van der Waals surface area contributed by atoms with Crippen molar-refractivity contribution in [2.75, 3.05) is 24.3 Å². The van der Waals surface area contributed by atoms with Gasteiger partial charge in [-0.3, -0.25) is 0 Å². The van der Waals surface area contributed by atoms with Crippen LogP contribution in [0.25, 0.3) is 0 Å². The minimum absolute atomic E-state index is 0.288. The molecule has 1 heterocycles. The lowest BCUT2D eigenvalue weighted by atomic mass is 10.1. The molecule has 0 atom stereocenters. The molecule has 2 rings (SSSR count). The monoisotopic (exact) mass is 287 g/mol. The Morgan fingerprint density at radius 3 is 2.57 bits per heavy atom. The Balaban J connectivity index is 2.28. The number of benzene rings is 1. The summed E-state index contributed by atoms with van der Waals surface area (Å²) in [7, 11) is 1.54. The van der Waals surface area contributed by atoms with Crippen molar-refractivity contribution in [1.29, 1.82) is 0 Å². The molecular formula is C15H21N5O. The fourth-order valence-electron chi connectivity index (χ4n) is 1.83. The normalized spacial score (nSPS) is 10.3. The number of hydrogen-bond acceptors (Lipinski definition) is 6. The molecule has 6 nitrogen and oxygen atoms in total. The standard InChI is InChI=1S/C15H21N5O/c1-5-9-16-13-18-14(20-15(19-13)21-4)17-12-8-6-7-10(2)11(12)3/h6-8H,5,9H2,1-4H3,(H2,16,17,18,19,20). The van der Waals surface area contributed by atoms with Crippen molar-refractivity contribution in [3.63, 3.8) is 0 Å². The minimum Gasteiger partial charge on any atom is -0.467 e. The number of ether oxygens (including phenoxy) is 1. The van der Waals surface area contributed by atoms with Crippen LogP contribution < -0.4 is 15.4 Å². The molecule has 1 aromatic heterocycles. The molecule has 112 valence electrons. The predicted molar refractivity (Wildman–Crippen MR) is 84.4 cm³/mol. The molecule has 0 aliphatic rings. The van der Waals surface area contributed by atoms with Gasteiger partial charge in [0.2, 0.25) is 11.9 Å². The van der Waals surface area contributed by atoms with E-state index in [1.54, 1.807) is 7.11 Å². The van der Waals surface area contributed by atoms with Gasteiger partial charge in [-0.1, -0.05) is 19.1 Å². The molecule has 1 aromatic carbocycles. The molecule has 2 N–H and O–H groups in total. The molecule has 0 spiro atoms. The third-order valence-electron chi connectivity index (χ3n) is 3.18. The van der Waals surface area contributed by atoms with Crippen LogP contribution in [0.1, 0.15) is 24.5 Å². The van der Waals surface area contributed by atoms with Gasteiger partial charge in [-0.15, -0.1) is 0 Å². The van der Waals surface area contributed by atoms with E-state index < -0.39 is 0 Å². The third kappa shape index (κ3) is 3.81. The first-order chi connectivity index (χ1) is 10.1. The molecule has 21 heavy (non-hydrogen) atoms. The summed E-state index contributed by atoms with van der Waals surface area (Å²) < 4.78 is 5.12. The summed E-state index contributed by atoms with van der Waals surface area (Å²) in [6.07, 6.45) is 0.994. The van der Waals surface area contributed by atoms with Gasteiger partial charge in [0, 0.05) is 12.2 Å². The molecule has 0 saturated heterocycles. The van der Waals surface area contributed by atoms with Gasteiger partial charge in [0.15, 0.2) is 0 Å². The number of aromatic nitrogens is 3. The number of rotatable bonds is 6. The summed E-state index contributed by atoms with van der Waals surface area (Å²) in [4.78, 5) is 12.8. The van der Waals surface area contributed by atoms with Crippen molar-refractivity contribution in [2.24, 2.45) is 0 Å². The van der Waals surface area contributed by atoms with E-state index in [-0.39, 0.29) is 6.01 Å². The molecule has 0 aliphatic carbocycles. The predicted octanol–water partition coefficient (Wildman–Crippen LogP) is 3.06. The quantitative estimate of drug-likeness (QED) is 0.850. The molecule has 0 unspecified atom stereocenters. The van der Waals surface area contributed by atoms with Crippen LogP contribution in [-0.4, -0.2) is 28.6 Å². The summed E-state index contributed by atoms with van der Waals surface area (Å²) in [5, 5.41) is 6.36. The van der Waals surface area contributed by atoms with Crippen molar-refractivity contribution >= 4 is 17.6 Å². The topological polar surface area (TPSA) is 72.0 Å². The fraction of sp³-hybridized carbons (Fsp3) is 0.400. The van der Waals surface area contributed by atoms with Crippen molar-refractivity contribution in [3.8, 4) is 6.01 Å². The molecule has 0 radical (unpaired) electrons. The average molecular weight is 287 g/mol. The maximum atomic E-state index is 5.12. The molecule has 0 saturated carbocycles. The second-order valence-corrected chi connectivity index (χ2v) is 4.77. The average Bonchev–Trinajstić information content (AvgIpc) is 2.49. The Labute approximate surface area is 125 Å². The van der Waals surface area contributed by atoms with Crippen LogP contribution in [0, 0.1) is 13.8 Å². The number of anilines is 3. The van der Waals surface area contributed by atoms with Gasteiger partial charge in [-0.25, -0.2) is 0 Å². The van der Waals surface area contributed by atoms with Crippen molar-refractivity contribution in [1.82, 2.24) is 15.0 Å². The Morgan fingerprint density at radius 1 is 1.10 bits per heavy atom. The first-order valence-electron chi connectivity index (χ1n) is 7.01. The molecule has 0 amide bonds. The van der Waals surface area contributed by atoms with E-state index in [9.17, 15) is 0 Å². The van der Waals surface area contributed by atoms with E-state index in [0.29, 0.717) is 11.9 Å². The van der Waals surface area contributed by atoms with Gasteiger partial charge in [0.05, 0.1) is 7.11 Å². The van der Waals surface area contributed by atoms with E-state index in [2.05, 4.69) is 52.4 Å². The number of nitrogens with zero attached hydrogens (tertiary/aromatic N) is 3. The van der Waals surface area contributed by atoms with Crippen LogP contribution in [0.5, 0.6) is 6.01 Å². The van der Waals surface area contributed by atoms with Crippen LogP contribution in [0.3, 0.4) is 0 Å². The molecular weight excluding hydrogens is 266 g/mol. The zero-order chi connectivity index (χ0) is 15.2. The second kappa shape index (κ2) is 6.88. The number of nitrogens with one attached hydrogen (secondary N) is 2. The summed E-state index contributed by atoms with van der Waals surface area (Å²) in [6, 6.07) is 6.36. The van der Waals surface area contributed by atoms with E-state index in [1.165, 1.54) is 11.1 Å². The van der Waals surface area contributed by atoms with Crippen molar-refractivity contribution in [3.05, 3.63) is 29.3 Å². The minimum atomic E-state index is 0.288. The highest BCUT2D eigenvalue weighted by Crippen LogP contribution is 2.22.